The van der Waals surface area contributed by atoms with Crippen LogP contribution in [0.4, 0.5) is 0 Å². The molecule has 20 heavy (non-hydrogen) atoms. The largest absolute Gasteiger partial charge is 0.326 e. The van der Waals surface area contributed by atoms with E-state index in [1.807, 2.05) is 19.1 Å². The van der Waals surface area contributed by atoms with Crippen LogP contribution in [0.1, 0.15) is 43.7 Å². The lowest BCUT2D eigenvalue weighted by atomic mass is 9.83. The Balaban J connectivity index is 2.10. The monoisotopic (exact) mass is 296 g/mol. The van der Waals surface area contributed by atoms with Gasteiger partial charge in [0.1, 0.15) is 0 Å². The standard InChI is InChI=1S/C15H24N2O2S/c1-2-14-7-6-13(11-16)10-15(14)20(18,19)17-9-8-12-4-3-5-12/h6-7,10,12,17H,2-5,8-9,11,16H2,1H3. The van der Waals surface area contributed by atoms with Crippen molar-refractivity contribution in [2.24, 2.45) is 11.7 Å². The maximum absolute atomic E-state index is 12.4. The predicted octanol–water partition coefficient (Wildman–Crippen LogP) is 2.18. The Hall–Kier alpha value is -0.910. The molecule has 0 spiro atoms. The first kappa shape index (κ1) is 15.5. The van der Waals surface area contributed by atoms with Gasteiger partial charge in [-0.2, -0.15) is 0 Å². The molecule has 1 fully saturated rings. The molecule has 1 aromatic rings. The van der Waals surface area contributed by atoms with Crippen molar-refractivity contribution in [3.8, 4) is 0 Å². The number of rotatable bonds is 7. The van der Waals surface area contributed by atoms with Crippen LogP contribution in [0.2, 0.25) is 0 Å². The molecule has 1 aromatic carbocycles. The van der Waals surface area contributed by atoms with Gasteiger partial charge in [0.05, 0.1) is 4.90 Å². The molecule has 112 valence electrons. The van der Waals surface area contributed by atoms with Gasteiger partial charge < -0.3 is 5.73 Å². The van der Waals surface area contributed by atoms with Crippen LogP contribution >= 0.6 is 0 Å². The SMILES string of the molecule is CCc1ccc(CN)cc1S(=O)(=O)NCCC1CCC1. The molecule has 0 saturated heterocycles. The average molecular weight is 296 g/mol. The number of hydrogen-bond donors (Lipinski definition) is 2. The second kappa shape index (κ2) is 6.70. The molecule has 0 bridgehead atoms. The van der Waals surface area contributed by atoms with E-state index in [0.29, 0.717) is 30.3 Å². The highest BCUT2D eigenvalue weighted by Crippen LogP contribution is 2.29. The van der Waals surface area contributed by atoms with Crippen molar-refractivity contribution >= 4 is 10.0 Å². The van der Waals surface area contributed by atoms with Gasteiger partial charge in [-0.25, -0.2) is 13.1 Å². The molecule has 5 heteroatoms. The fourth-order valence-corrected chi connectivity index (χ4v) is 3.93. The number of nitrogens with two attached hydrogens (primary N) is 1. The van der Waals surface area contributed by atoms with Gasteiger partial charge in [0.2, 0.25) is 10.0 Å². The van der Waals surface area contributed by atoms with Gasteiger partial charge in [0.25, 0.3) is 0 Å². The number of sulfonamides is 1. The Morgan fingerprint density at radius 3 is 2.65 bits per heavy atom. The molecular formula is C15H24N2O2S. The zero-order valence-corrected chi connectivity index (χ0v) is 12.9. The normalized spacial score (nSPS) is 16.1. The van der Waals surface area contributed by atoms with Gasteiger partial charge in [-0.3, -0.25) is 0 Å². The van der Waals surface area contributed by atoms with Crippen molar-refractivity contribution in [2.45, 2.75) is 50.5 Å². The molecular weight excluding hydrogens is 272 g/mol. The highest BCUT2D eigenvalue weighted by atomic mass is 32.2. The quantitative estimate of drug-likeness (QED) is 0.810. The summed E-state index contributed by atoms with van der Waals surface area (Å²) in [5, 5.41) is 0. The molecule has 0 atom stereocenters. The summed E-state index contributed by atoms with van der Waals surface area (Å²) in [4.78, 5) is 0.386. The third-order valence-corrected chi connectivity index (χ3v) is 5.65. The lowest BCUT2D eigenvalue weighted by Crippen LogP contribution is -2.28. The maximum Gasteiger partial charge on any atom is 0.240 e. The molecule has 1 saturated carbocycles. The summed E-state index contributed by atoms with van der Waals surface area (Å²) in [5.41, 5.74) is 7.30. The minimum atomic E-state index is -3.42. The fourth-order valence-electron chi connectivity index (χ4n) is 2.52. The molecule has 2 rings (SSSR count). The van der Waals surface area contributed by atoms with Crippen LogP contribution < -0.4 is 10.5 Å². The molecule has 1 aliphatic rings. The molecule has 0 unspecified atom stereocenters. The summed E-state index contributed by atoms with van der Waals surface area (Å²) < 4.78 is 27.6. The topological polar surface area (TPSA) is 72.2 Å². The average Bonchev–Trinajstić information content (AvgIpc) is 2.40. The van der Waals surface area contributed by atoms with Crippen molar-refractivity contribution < 1.29 is 8.42 Å². The summed E-state index contributed by atoms with van der Waals surface area (Å²) in [6, 6.07) is 5.46. The lowest BCUT2D eigenvalue weighted by Gasteiger charge is -2.25. The minimum absolute atomic E-state index is 0.356. The Kier molecular flexibility index (Phi) is 5.18. The second-order valence-electron chi connectivity index (χ2n) is 5.48. The van der Waals surface area contributed by atoms with E-state index in [1.165, 1.54) is 19.3 Å². The minimum Gasteiger partial charge on any atom is -0.326 e. The zero-order valence-electron chi connectivity index (χ0n) is 12.1. The molecule has 0 amide bonds. The van der Waals surface area contributed by atoms with E-state index in [2.05, 4.69) is 4.72 Å². The molecule has 0 radical (unpaired) electrons. The Labute approximate surface area is 121 Å². The summed E-state index contributed by atoms with van der Waals surface area (Å²) >= 11 is 0. The molecule has 4 nitrogen and oxygen atoms in total. The Morgan fingerprint density at radius 2 is 2.10 bits per heavy atom. The van der Waals surface area contributed by atoms with E-state index in [4.69, 9.17) is 5.73 Å². The van der Waals surface area contributed by atoms with Crippen molar-refractivity contribution in [2.75, 3.05) is 6.54 Å². The Morgan fingerprint density at radius 1 is 1.35 bits per heavy atom. The van der Waals surface area contributed by atoms with E-state index in [9.17, 15) is 8.42 Å². The third-order valence-electron chi connectivity index (χ3n) is 4.11. The Bertz CT molecular complexity index is 551. The molecule has 1 aliphatic carbocycles. The lowest BCUT2D eigenvalue weighted by molar-refractivity contribution is 0.297. The van der Waals surface area contributed by atoms with E-state index in [1.54, 1.807) is 6.07 Å². The van der Waals surface area contributed by atoms with Crippen LogP contribution in [0.5, 0.6) is 0 Å². The third kappa shape index (κ3) is 3.59. The van der Waals surface area contributed by atoms with E-state index in [-0.39, 0.29) is 0 Å². The number of benzene rings is 1. The van der Waals surface area contributed by atoms with E-state index < -0.39 is 10.0 Å². The van der Waals surface area contributed by atoms with Gasteiger partial charge in [0, 0.05) is 13.1 Å². The van der Waals surface area contributed by atoms with Gasteiger partial charge in [-0.1, -0.05) is 38.3 Å². The van der Waals surface area contributed by atoms with E-state index in [0.717, 1.165) is 17.5 Å². The van der Waals surface area contributed by atoms with Crippen molar-refractivity contribution in [3.63, 3.8) is 0 Å². The van der Waals surface area contributed by atoms with Gasteiger partial charge in [-0.05, 0) is 36.0 Å². The number of nitrogens with one attached hydrogen (secondary N) is 1. The van der Waals surface area contributed by atoms with Crippen LogP contribution in [-0.4, -0.2) is 15.0 Å². The van der Waals surface area contributed by atoms with Crippen molar-refractivity contribution in [1.82, 2.24) is 4.72 Å². The highest BCUT2D eigenvalue weighted by Gasteiger charge is 2.21. The summed E-state index contributed by atoms with van der Waals surface area (Å²) in [6.07, 6.45) is 5.41. The fraction of sp³-hybridized carbons (Fsp3) is 0.600. The summed E-state index contributed by atoms with van der Waals surface area (Å²) in [5.74, 6) is 0.707. The highest BCUT2D eigenvalue weighted by molar-refractivity contribution is 7.89. The van der Waals surface area contributed by atoms with Gasteiger partial charge in [0.15, 0.2) is 0 Å². The van der Waals surface area contributed by atoms with Crippen molar-refractivity contribution in [1.29, 1.82) is 0 Å². The first-order valence-electron chi connectivity index (χ1n) is 7.38. The first-order valence-corrected chi connectivity index (χ1v) is 8.86. The molecule has 3 N–H and O–H groups in total. The molecule has 0 aromatic heterocycles. The maximum atomic E-state index is 12.4. The van der Waals surface area contributed by atoms with Gasteiger partial charge >= 0.3 is 0 Å². The number of aryl methyl sites for hydroxylation is 1. The molecule has 0 aliphatic heterocycles. The van der Waals surface area contributed by atoms with Crippen LogP contribution in [-0.2, 0) is 23.0 Å². The van der Waals surface area contributed by atoms with Crippen LogP contribution in [0.3, 0.4) is 0 Å². The molecule has 0 heterocycles. The van der Waals surface area contributed by atoms with E-state index >= 15 is 0 Å². The van der Waals surface area contributed by atoms with Crippen molar-refractivity contribution in [3.05, 3.63) is 29.3 Å². The van der Waals surface area contributed by atoms with Crippen LogP contribution in [0, 0.1) is 5.92 Å². The van der Waals surface area contributed by atoms with Crippen LogP contribution in [0.25, 0.3) is 0 Å². The van der Waals surface area contributed by atoms with Gasteiger partial charge in [-0.15, -0.1) is 0 Å². The number of hydrogen-bond acceptors (Lipinski definition) is 3. The smallest absolute Gasteiger partial charge is 0.240 e. The summed E-state index contributed by atoms with van der Waals surface area (Å²) in [7, 11) is -3.42. The second-order valence-corrected chi connectivity index (χ2v) is 7.22. The zero-order chi connectivity index (χ0) is 14.6. The van der Waals surface area contributed by atoms with Crippen LogP contribution in [0.15, 0.2) is 23.1 Å². The summed E-state index contributed by atoms with van der Waals surface area (Å²) in [6.45, 7) is 2.85. The predicted molar refractivity (Wildman–Crippen MR) is 80.9 cm³/mol. The first-order chi connectivity index (χ1) is 9.56.